The van der Waals surface area contributed by atoms with E-state index < -0.39 is 0 Å². The number of rotatable bonds is 2. The van der Waals surface area contributed by atoms with Gasteiger partial charge in [-0.1, -0.05) is 20.4 Å². The summed E-state index contributed by atoms with van der Waals surface area (Å²) < 4.78 is 5.13. The molecule has 0 radical (unpaired) electrons. The third kappa shape index (κ3) is 2.58. The fraction of sp³-hybridized carbons (Fsp3) is 0.444. The number of hydrogen-bond acceptors (Lipinski definition) is 2. The summed E-state index contributed by atoms with van der Waals surface area (Å²) in [6, 6.07) is 0. The van der Waals surface area contributed by atoms with Crippen LogP contribution in [0, 0.1) is 0 Å². The third-order valence-corrected chi connectivity index (χ3v) is 1.26. The fourth-order valence-electron chi connectivity index (χ4n) is 0.798. The van der Waals surface area contributed by atoms with Crippen molar-refractivity contribution in [2.45, 2.75) is 20.3 Å². The van der Waals surface area contributed by atoms with Gasteiger partial charge in [0.25, 0.3) is 0 Å². The summed E-state index contributed by atoms with van der Waals surface area (Å²) in [5.41, 5.74) is 0.921. The van der Waals surface area contributed by atoms with Crippen molar-refractivity contribution < 1.29 is 4.74 Å². The van der Waals surface area contributed by atoms with E-state index in [0.717, 1.165) is 24.5 Å². The van der Waals surface area contributed by atoms with Crippen molar-refractivity contribution >= 4 is 6.72 Å². The number of allylic oxidation sites excluding steroid dienone is 1. The molecular formula is C9H15NO. The van der Waals surface area contributed by atoms with Crippen molar-refractivity contribution in [2.75, 3.05) is 6.61 Å². The normalized spacial score (nSPS) is 14.7. The van der Waals surface area contributed by atoms with E-state index in [-0.39, 0.29) is 0 Å². The standard InChI is InChI=1S/C7H9NO.C2H6/c1-3-7-6(8-2)4-5-9-7;1-2/h3H,1-2,4-5H2;1-2H3. The average molecular weight is 153 g/mol. The van der Waals surface area contributed by atoms with Crippen LogP contribution >= 0.6 is 0 Å². The van der Waals surface area contributed by atoms with Crippen LogP contribution in [-0.4, -0.2) is 13.3 Å². The highest BCUT2D eigenvalue weighted by atomic mass is 16.5. The maximum atomic E-state index is 5.13. The molecule has 0 N–H and O–H groups in total. The fourth-order valence-corrected chi connectivity index (χ4v) is 0.798. The molecule has 1 aliphatic heterocycles. The molecule has 0 aromatic heterocycles. The van der Waals surface area contributed by atoms with Crippen LogP contribution in [0.15, 0.2) is 29.1 Å². The van der Waals surface area contributed by atoms with Gasteiger partial charge < -0.3 is 4.74 Å². The van der Waals surface area contributed by atoms with Crippen LogP contribution in [0.4, 0.5) is 0 Å². The van der Waals surface area contributed by atoms with Crippen molar-refractivity contribution in [2.24, 2.45) is 4.99 Å². The molecule has 1 rings (SSSR count). The number of nitrogens with zero attached hydrogens (tertiary/aromatic N) is 1. The minimum absolute atomic E-state index is 0.718. The van der Waals surface area contributed by atoms with Crippen LogP contribution in [-0.2, 0) is 4.74 Å². The van der Waals surface area contributed by atoms with Crippen molar-refractivity contribution in [3.8, 4) is 0 Å². The zero-order valence-corrected chi connectivity index (χ0v) is 7.26. The van der Waals surface area contributed by atoms with Gasteiger partial charge in [0, 0.05) is 6.42 Å². The lowest BCUT2D eigenvalue weighted by molar-refractivity contribution is 0.257. The molecule has 0 unspecified atom stereocenters. The molecule has 0 amide bonds. The molecule has 0 aromatic rings. The number of aliphatic imine (C=N–C) groups is 1. The lowest BCUT2D eigenvalue weighted by Gasteiger charge is -1.92. The van der Waals surface area contributed by atoms with Gasteiger partial charge in [-0.05, 0) is 12.8 Å². The molecule has 0 saturated heterocycles. The van der Waals surface area contributed by atoms with E-state index in [1.165, 1.54) is 0 Å². The van der Waals surface area contributed by atoms with Gasteiger partial charge in [0.05, 0.1) is 12.3 Å². The summed E-state index contributed by atoms with van der Waals surface area (Å²) in [5, 5.41) is 0. The Hall–Kier alpha value is -1.05. The number of hydrogen-bond donors (Lipinski definition) is 0. The molecule has 0 saturated carbocycles. The van der Waals surface area contributed by atoms with Gasteiger partial charge in [0.2, 0.25) is 0 Å². The van der Waals surface area contributed by atoms with E-state index >= 15 is 0 Å². The summed E-state index contributed by atoms with van der Waals surface area (Å²) >= 11 is 0. The zero-order valence-electron chi connectivity index (χ0n) is 7.26. The van der Waals surface area contributed by atoms with Gasteiger partial charge in [0.1, 0.15) is 5.76 Å². The van der Waals surface area contributed by atoms with Gasteiger partial charge in [-0.15, -0.1) is 0 Å². The summed E-state index contributed by atoms with van der Waals surface area (Å²) in [7, 11) is 0. The summed E-state index contributed by atoms with van der Waals surface area (Å²) in [6.45, 7) is 11.7. The molecule has 0 aliphatic carbocycles. The topological polar surface area (TPSA) is 21.6 Å². The van der Waals surface area contributed by atoms with E-state index in [9.17, 15) is 0 Å². The molecule has 0 aromatic carbocycles. The smallest absolute Gasteiger partial charge is 0.140 e. The Bertz CT molecular complexity index is 152. The molecule has 62 valence electrons. The predicted molar refractivity (Wildman–Crippen MR) is 48.7 cm³/mol. The van der Waals surface area contributed by atoms with E-state index in [0.29, 0.717) is 0 Å². The van der Waals surface area contributed by atoms with Crippen LogP contribution < -0.4 is 0 Å². The van der Waals surface area contributed by atoms with Gasteiger partial charge in [-0.3, -0.25) is 4.99 Å². The van der Waals surface area contributed by atoms with E-state index in [4.69, 9.17) is 4.74 Å². The van der Waals surface area contributed by atoms with Crippen LogP contribution in [0.3, 0.4) is 0 Å². The Kier molecular flexibility index (Phi) is 5.17. The van der Waals surface area contributed by atoms with Crippen LogP contribution in [0.2, 0.25) is 0 Å². The molecule has 1 heterocycles. The lowest BCUT2D eigenvalue weighted by atomic mass is 10.3. The summed E-state index contributed by atoms with van der Waals surface area (Å²) in [6.07, 6.45) is 2.53. The molecule has 2 nitrogen and oxygen atoms in total. The van der Waals surface area contributed by atoms with Crippen molar-refractivity contribution in [3.05, 3.63) is 24.1 Å². The molecule has 0 fully saturated rings. The molecule has 0 atom stereocenters. The Morgan fingerprint density at radius 3 is 2.55 bits per heavy atom. The molecule has 1 aliphatic rings. The second kappa shape index (κ2) is 5.71. The van der Waals surface area contributed by atoms with Crippen LogP contribution in [0.25, 0.3) is 0 Å². The highest BCUT2D eigenvalue weighted by molar-refractivity contribution is 5.33. The molecule has 11 heavy (non-hydrogen) atoms. The SMILES string of the molecule is C=CC1=C(N=C)CCO1.CC. The highest BCUT2D eigenvalue weighted by Crippen LogP contribution is 2.19. The van der Waals surface area contributed by atoms with Gasteiger partial charge >= 0.3 is 0 Å². The van der Waals surface area contributed by atoms with Gasteiger partial charge in [0.15, 0.2) is 0 Å². The largest absolute Gasteiger partial charge is 0.491 e. The summed E-state index contributed by atoms with van der Waals surface area (Å²) in [5.74, 6) is 0.782. The van der Waals surface area contributed by atoms with E-state index in [2.05, 4.69) is 18.3 Å². The van der Waals surface area contributed by atoms with Gasteiger partial charge in [-0.25, -0.2) is 0 Å². The third-order valence-electron chi connectivity index (χ3n) is 1.26. The minimum Gasteiger partial charge on any atom is -0.491 e. The average Bonchev–Trinajstić information content (AvgIpc) is 2.54. The zero-order chi connectivity index (χ0) is 8.69. The molecular weight excluding hydrogens is 138 g/mol. The first-order valence-electron chi connectivity index (χ1n) is 3.83. The Morgan fingerprint density at radius 2 is 2.18 bits per heavy atom. The maximum absolute atomic E-state index is 5.13. The molecule has 0 bridgehead atoms. The Morgan fingerprint density at radius 1 is 1.55 bits per heavy atom. The second-order valence-corrected chi connectivity index (χ2v) is 1.77. The first-order chi connectivity index (χ1) is 5.38. The second-order valence-electron chi connectivity index (χ2n) is 1.77. The van der Waals surface area contributed by atoms with Crippen molar-refractivity contribution in [1.29, 1.82) is 0 Å². The first-order valence-corrected chi connectivity index (χ1v) is 3.83. The molecule has 2 heteroatoms. The predicted octanol–water partition coefficient (Wildman–Crippen LogP) is 2.53. The monoisotopic (exact) mass is 153 g/mol. The van der Waals surface area contributed by atoms with Crippen molar-refractivity contribution in [1.82, 2.24) is 0 Å². The van der Waals surface area contributed by atoms with E-state index in [1.807, 2.05) is 13.8 Å². The summed E-state index contributed by atoms with van der Waals surface area (Å²) in [4.78, 5) is 3.77. The Balaban J connectivity index is 0.000000461. The van der Waals surface area contributed by atoms with E-state index in [1.54, 1.807) is 6.08 Å². The minimum atomic E-state index is 0.718. The lowest BCUT2D eigenvalue weighted by Crippen LogP contribution is -1.78. The van der Waals surface area contributed by atoms with Crippen molar-refractivity contribution in [3.63, 3.8) is 0 Å². The van der Waals surface area contributed by atoms with Crippen LogP contribution in [0.1, 0.15) is 20.3 Å². The Labute approximate surface area is 68.3 Å². The number of ether oxygens (including phenoxy) is 1. The van der Waals surface area contributed by atoms with Crippen LogP contribution in [0.5, 0.6) is 0 Å². The quantitative estimate of drug-likeness (QED) is 0.558. The molecule has 0 spiro atoms. The maximum Gasteiger partial charge on any atom is 0.140 e. The van der Waals surface area contributed by atoms with Gasteiger partial charge in [-0.2, -0.15) is 0 Å². The first kappa shape index (κ1) is 9.95. The highest BCUT2D eigenvalue weighted by Gasteiger charge is 2.10.